The Balaban J connectivity index is 1.41. The van der Waals surface area contributed by atoms with Gasteiger partial charge in [-0.25, -0.2) is 4.98 Å². The van der Waals surface area contributed by atoms with Gasteiger partial charge in [-0.3, -0.25) is 9.69 Å². The number of carbonyl (C=O) groups excluding carboxylic acids is 1. The second-order valence-corrected chi connectivity index (χ2v) is 7.46. The van der Waals surface area contributed by atoms with E-state index in [2.05, 4.69) is 15.2 Å². The molecule has 2 aromatic carbocycles. The van der Waals surface area contributed by atoms with Crippen LogP contribution in [-0.2, 0) is 11.3 Å². The largest absolute Gasteiger partial charge is 0.508 e. The van der Waals surface area contributed by atoms with Gasteiger partial charge in [-0.05, 0) is 49.2 Å². The van der Waals surface area contributed by atoms with Crippen molar-refractivity contribution in [1.29, 1.82) is 0 Å². The molecule has 1 saturated heterocycles. The second kappa shape index (κ2) is 7.90. The van der Waals surface area contributed by atoms with Crippen molar-refractivity contribution in [2.24, 2.45) is 0 Å². The average molecular weight is 379 g/mol. The molecule has 2 heterocycles. The number of carbonyl (C=O) groups is 1. The number of phenols is 1. The first kappa shape index (κ1) is 17.7. The molecule has 1 amide bonds. The van der Waals surface area contributed by atoms with Crippen LogP contribution in [0.3, 0.4) is 0 Å². The molecule has 2 N–H and O–H groups in total. The minimum absolute atomic E-state index is 0.0223. The molecule has 6 heteroatoms. The molecule has 1 unspecified atom stereocenters. The van der Waals surface area contributed by atoms with Gasteiger partial charge < -0.3 is 10.4 Å². The SMILES string of the molecule is O=C(Nc1ccc(-c2cscn2)cc1)C1CCCN1Cc1cccc(O)c1. The summed E-state index contributed by atoms with van der Waals surface area (Å²) in [5.74, 6) is 0.280. The summed E-state index contributed by atoms with van der Waals surface area (Å²) in [7, 11) is 0. The molecule has 0 saturated carbocycles. The summed E-state index contributed by atoms with van der Waals surface area (Å²) in [6.07, 6.45) is 1.85. The van der Waals surface area contributed by atoms with Crippen molar-refractivity contribution < 1.29 is 9.90 Å². The van der Waals surface area contributed by atoms with Crippen LogP contribution in [0.2, 0.25) is 0 Å². The molecule has 0 bridgehead atoms. The number of rotatable bonds is 5. The van der Waals surface area contributed by atoms with Gasteiger partial charge in [-0.2, -0.15) is 0 Å². The van der Waals surface area contributed by atoms with E-state index >= 15 is 0 Å². The van der Waals surface area contributed by atoms with Gasteiger partial charge in [0.2, 0.25) is 5.91 Å². The lowest BCUT2D eigenvalue weighted by Crippen LogP contribution is -2.39. The van der Waals surface area contributed by atoms with Gasteiger partial charge in [-0.15, -0.1) is 11.3 Å². The number of nitrogens with one attached hydrogen (secondary N) is 1. The number of benzene rings is 2. The van der Waals surface area contributed by atoms with E-state index in [4.69, 9.17) is 0 Å². The lowest BCUT2D eigenvalue weighted by Gasteiger charge is -2.23. The summed E-state index contributed by atoms with van der Waals surface area (Å²) in [4.78, 5) is 19.3. The molecule has 27 heavy (non-hydrogen) atoms. The quantitative estimate of drug-likeness (QED) is 0.700. The number of nitrogens with zero attached hydrogens (tertiary/aromatic N) is 2. The zero-order chi connectivity index (χ0) is 18.6. The fourth-order valence-electron chi connectivity index (χ4n) is 3.51. The number of anilines is 1. The van der Waals surface area contributed by atoms with Crippen LogP contribution in [0.25, 0.3) is 11.3 Å². The van der Waals surface area contributed by atoms with E-state index in [9.17, 15) is 9.90 Å². The highest BCUT2D eigenvalue weighted by Crippen LogP contribution is 2.24. The Bertz CT molecular complexity index is 909. The van der Waals surface area contributed by atoms with Crippen molar-refractivity contribution in [3.8, 4) is 17.0 Å². The Kier molecular flexibility index (Phi) is 5.18. The maximum atomic E-state index is 12.8. The van der Waals surface area contributed by atoms with E-state index in [0.717, 1.165) is 41.9 Å². The van der Waals surface area contributed by atoms with Crippen molar-refractivity contribution >= 4 is 22.9 Å². The minimum atomic E-state index is -0.148. The van der Waals surface area contributed by atoms with Crippen LogP contribution < -0.4 is 5.32 Å². The predicted octanol–water partition coefficient (Wildman–Crippen LogP) is 4.12. The fourth-order valence-corrected chi connectivity index (χ4v) is 4.07. The summed E-state index contributed by atoms with van der Waals surface area (Å²) in [6, 6.07) is 14.9. The van der Waals surface area contributed by atoms with Crippen LogP contribution in [-0.4, -0.2) is 33.5 Å². The molecule has 0 spiro atoms. The number of aromatic hydroxyl groups is 1. The highest BCUT2D eigenvalue weighted by atomic mass is 32.1. The maximum absolute atomic E-state index is 12.8. The Hall–Kier alpha value is -2.70. The van der Waals surface area contributed by atoms with Crippen LogP contribution in [0.5, 0.6) is 5.75 Å². The maximum Gasteiger partial charge on any atom is 0.241 e. The van der Waals surface area contributed by atoms with E-state index in [1.165, 1.54) is 0 Å². The third kappa shape index (κ3) is 4.18. The number of hydrogen-bond donors (Lipinski definition) is 2. The lowest BCUT2D eigenvalue weighted by atomic mass is 10.1. The molecule has 0 aliphatic carbocycles. The lowest BCUT2D eigenvalue weighted by molar-refractivity contribution is -0.120. The molecule has 1 aliphatic heterocycles. The van der Waals surface area contributed by atoms with E-state index in [1.807, 2.05) is 47.3 Å². The molecule has 138 valence electrons. The normalized spacial score (nSPS) is 17.1. The Morgan fingerprint density at radius 3 is 2.85 bits per heavy atom. The molecule has 5 nitrogen and oxygen atoms in total. The van der Waals surface area contributed by atoms with Crippen molar-refractivity contribution in [2.45, 2.75) is 25.4 Å². The second-order valence-electron chi connectivity index (χ2n) is 6.74. The Morgan fingerprint density at radius 1 is 1.26 bits per heavy atom. The van der Waals surface area contributed by atoms with Crippen LogP contribution in [0.4, 0.5) is 5.69 Å². The first-order valence-corrected chi connectivity index (χ1v) is 9.95. The number of phenolic OH excluding ortho intramolecular Hbond substituents is 1. The zero-order valence-electron chi connectivity index (χ0n) is 14.8. The topological polar surface area (TPSA) is 65.5 Å². The Morgan fingerprint density at radius 2 is 2.11 bits per heavy atom. The first-order valence-electron chi connectivity index (χ1n) is 9.00. The van der Waals surface area contributed by atoms with Gasteiger partial charge in [0.15, 0.2) is 0 Å². The smallest absolute Gasteiger partial charge is 0.241 e. The standard InChI is InChI=1S/C21H21N3O2S/c25-18-4-1-3-15(11-18)12-24-10-2-5-20(24)21(26)23-17-8-6-16(7-9-17)19-13-27-14-22-19/h1,3-4,6-9,11,13-14,20,25H,2,5,10,12H2,(H,23,26). The number of aromatic nitrogens is 1. The molecule has 1 fully saturated rings. The van der Waals surface area contributed by atoms with Crippen molar-refractivity contribution in [1.82, 2.24) is 9.88 Å². The highest BCUT2D eigenvalue weighted by molar-refractivity contribution is 7.07. The van der Waals surface area contributed by atoms with E-state index < -0.39 is 0 Å². The van der Waals surface area contributed by atoms with E-state index in [-0.39, 0.29) is 17.7 Å². The summed E-state index contributed by atoms with van der Waals surface area (Å²) < 4.78 is 0. The average Bonchev–Trinajstić information content (AvgIpc) is 3.34. The van der Waals surface area contributed by atoms with E-state index in [1.54, 1.807) is 23.5 Å². The number of amides is 1. The zero-order valence-corrected chi connectivity index (χ0v) is 15.7. The summed E-state index contributed by atoms with van der Waals surface area (Å²) in [5, 5.41) is 14.7. The summed E-state index contributed by atoms with van der Waals surface area (Å²) >= 11 is 1.57. The molecule has 0 radical (unpaired) electrons. The monoisotopic (exact) mass is 379 g/mol. The Labute approximate surface area is 162 Å². The van der Waals surface area contributed by atoms with Crippen molar-refractivity contribution in [3.63, 3.8) is 0 Å². The fraction of sp³-hybridized carbons (Fsp3) is 0.238. The van der Waals surface area contributed by atoms with Crippen LogP contribution in [0, 0.1) is 0 Å². The number of thiazole rings is 1. The molecule has 4 rings (SSSR count). The van der Waals surface area contributed by atoms with Gasteiger partial charge in [0.25, 0.3) is 0 Å². The van der Waals surface area contributed by atoms with Crippen LogP contribution in [0.1, 0.15) is 18.4 Å². The highest BCUT2D eigenvalue weighted by Gasteiger charge is 2.30. The first-order chi connectivity index (χ1) is 13.2. The summed E-state index contributed by atoms with van der Waals surface area (Å²) in [5.41, 5.74) is 5.61. The summed E-state index contributed by atoms with van der Waals surface area (Å²) in [6.45, 7) is 1.55. The molecule has 1 atom stereocenters. The predicted molar refractivity (Wildman–Crippen MR) is 108 cm³/mol. The van der Waals surface area contributed by atoms with Gasteiger partial charge >= 0.3 is 0 Å². The molecular weight excluding hydrogens is 358 g/mol. The van der Waals surface area contributed by atoms with Crippen molar-refractivity contribution in [2.75, 3.05) is 11.9 Å². The van der Waals surface area contributed by atoms with Gasteiger partial charge in [-0.1, -0.05) is 24.3 Å². The third-order valence-electron chi connectivity index (χ3n) is 4.84. The molecule has 3 aromatic rings. The van der Waals surface area contributed by atoms with Crippen LogP contribution in [0.15, 0.2) is 59.4 Å². The number of likely N-dealkylation sites (tertiary alicyclic amines) is 1. The molecular formula is C21H21N3O2S. The number of hydrogen-bond acceptors (Lipinski definition) is 5. The van der Waals surface area contributed by atoms with Crippen LogP contribution >= 0.6 is 11.3 Å². The van der Waals surface area contributed by atoms with Crippen molar-refractivity contribution in [3.05, 3.63) is 65.0 Å². The van der Waals surface area contributed by atoms with Gasteiger partial charge in [0.1, 0.15) is 5.75 Å². The van der Waals surface area contributed by atoms with Gasteiger partial charge in [0, 0.05) is 23.2 Å². The van der Waals surface area contributed by atoms with E-state index in [0.29, 0.717) is 6.54 Å². The van der Waals surface area contributed by atoms with Gasteiger partial charge in [0.05, 0.1) is 17.2 Å². The molecule has 1 aromatic heterocycles. The molecule has 1 aliphatic rings. The third-order valence-corrected chi connectivity index (χ3v) is 5.43. The minimum Gasteiger partial charge on any atom is -0.508 e.